The summed E-state index contributed by atoms with van der Waals surface area (Å²) in [7, 11) is 0. The molecule has 0 aromatic heterocycles. The summed E-state index contributed by atoms with van der Waals surface area (Å²) in [5.41, 5.74) is -1.02. The van der Waals surface area contributed by atoms with Gasteiger partial charge >= 0.3 is 23.9 Å². The number of esters is 4. The lowest BCUT2D eigenvalue weighted by molar-refractivity contribution is -0.222. The number of hydrogen-bond donors (Lipinski definition) is 1. The minimum absolute atomic E-state index is 0.0207. The zero-order chi connectivity index (χ0) is 38.0. The molecule has 11 fully saturated rings. The Hall–Kier alpha value is -2.16. The van der Waals surface area contributed by atoms with Crippen LogP contribution in [0.25, 0.3) is 0 Å². The van der Waals surface area contributed by atoms with Crippen molar-refractivity contribution in [1.29, 1.82) is 0 Å². The molecule has 9 nitrogen and oxygen atoms in total. The number of ether oxygens (including phenoxy) is 4. The van der Waals surface area contributed by atoms with Crippen molar-refractivity contribution in [3.63, 3.8) is 0 Å². The second-order valence-electron chi connectivity index (χ2n) is 19.9. The largest absolute Gasteiger partial charge is 0.459 e. The summed E-state index contributed by atoms with van der Waals surface area (Å²) in [4.78, 5) is 47.6. The molecular weight excluding hydrogens is 672 g/mol. The van der Waals surface area contributed by atoms with Gasteiger partial charge in [0.25, 0.3) is 0 Å². The zero-order valence-corrected chi connectivity index (χ0v) is 33.6. The van der Waals surface area contributed by atoms with Gasteiger partial charge in [-0.1, -0.05) is 41.5 Å². The van der Waals surface area contributed by atoms with E-state index >= 15 is 0 Å². The Labute approximate surface area is 317 Å². The molecule has 10 unspecified atom stereocenters. The average molecular weight is 741 g/mol. The molecule has 11 rings (SSSR count). The molecule has 298 valence electrons. The molecule has 10 bridgehead atoms. The Kier molecular flexibility index (Phi) is 10.9. The number of rotatable bonds is 9. The summed E-state index contributed by atoms with van der Waals surface area (Å²) in [6.07, 6.45) is 16.4. The summed E-state index contributed by atoms with van der Waals surface area (Å²) in [6, 6.07) is 0. The molecule has 0 spiro atoms. The van der Waals surface area contributed by atoms with E-state index in [0.717, 1.165) is 69.6 Å². The average Bonchev–Trinajstić information content (AvgIpc) is 3.74. The van der Waals surface area contributed by atoms with E-state index in [-0.39, 0.29) is 71.0 Å². The zero-order valence-electron chi connectivity index (χ0n) is 33.6. The topological polar surface area (TPSA) is 125 Å². The first-order valence-corrected chi connectivity index (χ1v) is 21.7. The number of carbonyl (C=O) groups excluding carboxylic acids is 4. The highest BCUT2D eigenvalue weighted by molar-refractivity contribution is 5.77. The summed E-state index contributed by atoms with van der Waals surface area (Å²) in [5.74, 6) is 4.73. The third-order valence-corrected chi connectivity index (χ3v) is 16.1. The van der Waals surface area contributed by atoms with Gasteiger partial charge < -0.3 is 24.1 Å². The van der Waals surface area contributed by atoms with Gasteiger partial charge in [0.1, 0.15) is 23.4 Å². The maximum absolute atomic E-state index is 12.1. The van der Waals surface area contributed by atoms with Crippen molar-refractivity contribution in [1.82, 2.24) is 0 Å². The van der Waals surface area contributed by atoms with Crippen molar-refractivity contribution in [2.24, 2.45) is 71.0 Å². The molecule has 11 aliphatic rings. The fourth-order valence-corrected chi connectivity index (χ4v) is 13.0. The summed E-state index contributed by atoms with van der Waals surface area (Å²) >= 11 is 0. The van der Waals surface area contributed by atoms with E-state index in [2.05, 4.69) is 13.8 Å². The maximum Gasteiger partial charge on any atom is 0.309 e. The second kappa shape index (κ2) is 14.7. The minimum atomic E-state index is -0.542. The van der Waals surface area contributed by atoms with Crippen molar-refractivity contribution in [3.8, 4) is 0 Å². The molecule has 1 N–H and O–H groups in total. The molecule has 1 saturated heterocycles. The molecule has 0 aromatic rings. The van der Waals surface area contributed by atoms with Gasteiger partial charge in [0.05, 0.1) is 29.3 Å². The highest BCUT2D eigenvalue weighted by Crippen LogP contribution is 2.61. The standard InChI is InChI=1S/C16H26O2.C15H24O3.C13H18O4/c1-4-10(2)15(17)18-16(3)13-6-11-5-12(8-13)9-14(16)7-11;1-3-10(2)13(16)18-15-7-11-4-12(8-15)6-14(17,5-11)9-15;1-3-6(2)12(14)16-10-7-4-8-9(5-7)13(15)17-11(8)10/h10-14H,4-9H2,1-3H3;10-12,17H,3-9H2,1-2H3;6-11H,3-5H2,1-2H3. The number of fused-ring (bicyclic) bond motifs is 1. The molecule has 1 aliphatic heterocycles. The first-order valence-electron chi connectivity index (χ1n) is 21.7. The van der Waals surface area contributed by atoms with E-state index in [0.29, 0.717) is 41.9 Å². The molecule has 10 aliphatic carbocycles. The van der Waals surface area contributed by atoms with E-state index in [1.807, 2.05) is 34.6 Å². The first kappa shape index (κ1) is 39.1. The number of aliphatic hydroxyl groups is 1. The summed E-state index contributed by atoms with van der Waals surface area (Å²) < 4.78 is 22.8. The Morgan fingerprint density at radius 2 is 1.23 bits per heavy atom. The van der Waals surface area contributed by atoms with Crippen LogP contribution in [0.2, 0.25) is 0 Å². The highest BCUT2D eigenvalue weighted by atomic mass is 16.6. The Bertz CT molecular complexity index is 1360. The van der Waals surface area contributed by atoms with Gasteiger partial charge in [-0.05, 0) is 139 Å². The lowest BCUT2D eigenvalue weighted by atomic mass is 9.50. The SMILES string of the molecule is CCC(C)C(=O)OC1(C)C2CC3CC(C2)CC1C3.CCC(C)C(=O)OC12CC3CC(CC(O)(C3)C1)C2.CCC(C)C(=O)OC1C2CC3C(=O)OC1C3C2. The third-order valence-electron chi connectivity index (χ3n) is 16.1. The molecule has 10 atom stereocenters. The predicted molar refractivity (Wildman–Crippen MR) is 198 cm³/mol. The molecule has 9 heteroatoms. The minimum Gasteiger partial charge on any atom is -0.459 e. The van der Waals surface area contributed by atoms with Gasteiger partial charge in [-0.15, -0.1) is 0 Å². The lowest BCUT2D eigenvalue weighted by Crippen LogP contribution is -2.60. The van der Waals surface area contributed by atoms with Crippen LogP contribution in [-0.4, -0.2) is 58.0 Å². The van der Waals surface area contributed by atoms with Crippen LogP contribution >= 0.6 is 0 Å². The maximum atomic E-state index is 12.1. The predicted octanol–water partition coefficient (Wildman–Crippen LogP) is 7.98. The number of hydrogen-bond acceptors (Lipinski definition) is 9. The van der Waals surface area contributed by atoms with Crippen LogP contribution in [0.15, 0.2) is 0 Å². The van der Waals surface area contributed by atoms with Crippen molar-refractivity contribution in [2.75, 3.05) is 0 Å². The van der Waals surface area contributed by atoms with Gasteiger partial charge in [0.15, 0.2) is 0 Å². The van der Waals surface area contributed by atoms with Crippen LogP contribution in [0, 0.1) is 71.0 Å². The molecule has 10 saturated carbocycles. The van der Waals surface area contributed by atoms with E-state index in [9.17, 15) is 24.3 Å². The van der Waals surface area contributed by atoms with E-state index in [1.54, 1.807) is 0 Å². The van der Waals surface area contributed by atoms with Gasteiger partial charge in [-0.2, -0.15) is 0 Å². The monoisotopic (exact) mass is 740 g/mol. The molecule has 0 amide bonds. The fraction of sp³-hybridized carbons (Fsp3) is 0.909. The van der Waals surface area contributed by atoms with E-state index in [1.165, 1.54) is 38.5 Å². The summed E-state index contributed by atoms with van der Waals surface area (Å²) in [6.45, 7) is 14.1. The van der Waals surface area contributed by atoms with Gasteiger partial charge in [0.2, 0.25) is 0 Å². The molecule has 53 heavy (non-hydrogen) atoms. The Morgan fingerprint density at radius 3 is 1.75 bits per heavy atom. The normalized spacial score (nSPS) is 46.0. The molecule has 0 radical (unpaired) electrons. The molecular formula is C44H68O9. The van der Waals surface area contributed by atoms with Crippen LogP contribution in [0.5, 0.6) is 0 Å². The van der Waals surface area contributed by atoms with Crippen LogP contribution in [0.4, 0.5) is 0 Å². The van der Waals surface area contributed by atoms with Gasteiger partial charge in [-0.3, -0.25) is 19.2 Å². The van der Waals surface area contributed by atoms with Crippen molar-refractivity contribution in [2.45, 2.75) is 180 Å². The Morgan fingerprint density at radius 1 is 0.717 bits per heavy atom. The smallest absolute Gasteiger partial charge is 0.309 e. The quantitative estimate of drug-likeness (QED) is 0.185. The number of carbonyl (C=O) groups is 4. The lowest BCUT2D eigenvalue weighted by Gasteiger charge is -2.59. The highest BCUT2D eigenvalue weighted by Gasteiger charge is 2.64. The van der Waals surface area contributed by atoms with Gasteiger partial charge in [0, 0.05) is 18.3 Å². The summed E-state index contributed by atoms with van der Waals surface area (Å²) in [5, 5.41) is 10.6. The van der Waals surface area contributed by atoms with Crippen molar-refractivity contribution in [3.05, 3.63) is 0 Å². The van der Waals surface area contributed by atoms with Crippen LogP contribution < -0.4 is 0 Å². The Balaban J connectivity index is 0.000000123. The first-order chi connectivity index (χ1) is 25.1. The van der Waals surface area contributed by atoms with Crippen LogP contribution in [0.3, 0.4) is 0 Å². The molecule has 1 heterocycles. The van der Waals surface area contributed by atoms with Gasteiger partial charge in [-0.25, -0.2) is 0 Å². The van der Waals surface area contributed by atoms with Crippen LogP contribution in [0.1, 0.15) is 151 Å². The van der Waals surface area contributed by atoms with Crippen molar-refractivity contribution >= 4 is 23.9 Å². The fourth-order valence-electron chi connectivity index (χ4n) is 13.0. The second-order valence-corrected chi connectivity index (χ2v) is 19.9. The van der Waals surface area contributed by atoms with E-state index < -0.39 is 5.60 Å². The van der Waals surface area contributed by atoms with E-state index in [4.69, 9.17) is 18.9 Å². The van der Waals surface area contributed by atoms with Crippen LogP contribution in [-0.2, 0) is 38.1 Å². The molecule has 0 aromatic carbocycles. The van der Waals surface area contributed by atoms with Crippen molar-refractivity contribution < 1.29 is 43.2 Å². The third kappa shape index (κ3) is 7.44.